The third-order valence-corrected chi connectivity index (χ3v) is 1.78. The predicted octanol–water partition coefficient (Wildman–Crippen LogP) is 4.00. The Balaban J connectivity index is -0.000000256. The molecule has 0 bridgehead atoms. The molecule has 120 valence electrons. The van der Waals surface area contributed by atoms with Gasteiger partial charge in [-0.15, -0.1) is 0 Å². The minimum atomic E-state index is -0.347. The van der Waals surface area contributed by atoms with Gasteiger partial charge in [-0.05, 0) is 20.3 Å². The summed E-state index contributed by atoms with van der Waals surface area (Å²) in [7, 11) is 1.33. The first-order chi connectivity index (χ1) is 9.78. The first-order valence-corrected chi connectivity index (χ1v) is 6.58. The summed E-state index contributed by atoms with van der Waals surface area (Å²) >= 11 is 0. The molecule has 0 fully saturated rings. The predicted molar refractivity (Wildman–Crippen MR) is 87.9 cm³/mol. The summed E-state index contributed by atoms with van der Waals surface area (Å²) in [6.07, 6.45) is 5.25. The van der Waals surface area contributed by atoms with Crippen molar-refractivity contribution in [2.45, 2.75) is 33.6 Å². The third-order valence-electron chi connectivity index (χ3n) is 1.78. The number of carbonyl (C=O) groups is 2. The van der Waals surface area contributed by atoms with Crippen LogP contribution < -0.4 is 0 Å². The molecule has 0 saturated heterocycles. The van der Waals surface area contributed by atoms with E-state index < -0.39 is 0 Å². The molecule has 0 atom stereocenters. The van der Waals surface area contributed by atoms with Crippen molar-refractivity contribution in [2.75, 3.05) is 13.7 Å². The molecule has 0 spiro atoms. The molecule has 0 aliphatic carbocycles. The van der Waals surface area contributed by atoms with E-state index in [1.807, 2.05) is 0 Å². The van der Waals surface area contributed by atoms with Crippen LogP contribution in [0.3, 0.4) is 0 Å². The number of carbonyl (C=O) groups excluding carboxylic acids is 2. The third kappa shape index (κ3) is 23.4. The fraction of sp³-hybridized carbons (Fsp3) is 0.412. The van der Waals surface area contributed by atoms with Crippen molar-refractivity contribution >= 4 is 11.9 Å². The summed E-state index contributed by atoms with van der Waals surface area (Å²) in [6.45, 7) is 19.3. The Morgan fingerprint density at radius 1 is 1.00 bits per heavy atom. The van der Waals surface area contributed by atoms with Gasteiger partial charge in [-0.25, -0.2) is 9.59 Å². The number of rotatable bonds is 6. The zero-order valence-corrected chi connectivity index (χ0v) is 13.7. The molecule has 0 aromatic carbocycles. The highest BCUT2D eigenvalue weighted by atomic mass is 16.5. The van der Waals surface area contributed by atoms with Gasteiger partial charge in [0.2, 0.25) is 0 Å². The van der Waals surface area contributed by atoms with E-state index in [0.717, 1.165) is 12.8 Å². The first-order valence-electron chi connectivity index (χ1n) is 6.58. The SMILES string of the molecule is C=C(C)C(=O)OC.C=C(C)C(=O)OCCCC.C=CC=C. The normalized spacial score (nSPS) is 7.81. The average Bonchev–Trinajstić information content (AvgIpc) is 2.47. The van der Waals surface area contributed by atoms with Crippen LogP contribution in [0, 0.1) is 0 Å². The standard InChI is InChI=1S/C8H14O2.C5H8O2.C4H6/c1-4-5-6-10-8(9)7(2)3;1-4(2)5(6)7-3;1-3-4-2/h2,4-6H2,1,3H3;1H2,2-3H3;3-4H,1-2H2. The molecule has 0 rings (SSSR count). The summed E-state index contributed by atoms with van der Waals surface area (Å²) < 4.78 is 9.08. The van der Waals surface area contributed by atoms with Gasteiger partial charge < -0.3 is 9.47 Å². The van der Waals surface area contributed by atoms with E-state index in [9.17, 15) is 9.59 Å². The molecule has 0 aromatic heterocycles. The average molecular weight is 296 g/mol. The van der Waals surface area contributed by atoms with E-state index in [4.69, 9.17) is 4.74 Å². The van der Waals surface area contributed by atoms with Crippen LogP contribution in [0.25, 0.3) is 0 Å². The molecular formula is C17H28O4. The Hall–Kier alpha value is -2.10. The van der Waals surface area contributed by atoms with Crippen molar-refractivity contribution < 1.29 is 19.1 Å². The fourth-order valence-corrected chi connectivity index (χ4v) is 0.607. The molecule has 0 amide bonds. The summed E-state index contributed by atoms with van der Waals surface area (Å²) in [5, 5.41) is 0. The maximum absolute atomic E-state index is 10.7. The Morgan fingerprint density at radius 3 is 1.62 bits per heavy atom. The van der Waals surface area contributed by atoms with E-state index >= 15 is 0 Å². The first kappa shape index (κ1) is 24.0. The van der Waals surface area contributed by atoms with Crippen molar-refractivity contribution in [1.82, 2.24) is 0 Å². The Kier molecular flexibility index (Phi) is 20.4. The van der Waals surface area contributed by atoms with Crippen LogP contribution in [0.4, 0.5) is 0 Å². The second-order valence-electron chi connectivity index (χ2n) is 4.01. The Labute approximate surface area is 128 Å². The van der Waals surface area contributed by atoms with Gasteiger partial charge in [-0.2, -0.15) is 0 Å². The van der Waals surface area contributed by atoms with Crippen LogP contribution in [0.5, 0.6) is 0 Å². The molecule has 0 radical (unpaired) electrons. The van der Waals surface area contributed by atoms with Gasteiger partial charge >= 0.3 is 11.9 Å². The maximum atomic E-state index is 10.7. The molecule has 21 heavy (non-hydrogen) atoms. The number of unbranched alkanes of at least 4 members (excludes halogenated alkanes) is 1. The largest absolute Gasteiger partial charge is 0.466 e. The van der Waals surface area contributed by atoms with Crippen molar-refractivity contribution in [1.29, 1.82) is 0 Å². The molecule has 0 aromatic rings. The van der Waals surface area contributed by atoms with Crippen LogP contribution in [-0.4, -0.2) is 25.7 Å². The summed E-state index contributed by atoms with van der Waals surface area (Å²) in [5.74, 6) is -0.631. The Bertz CT molecular complexity index is 348. The van der Waals surface area contributed by atoms with Gasteiger partial charge in [-0.1, -0.05) is 51.8 Å². The van der Waals surface area contributed by atoms with Crippen LogP contribution in [0.1, 0.15) is 33.6 Å². The van der Waals surface area contributed by atoms with Crippen molar-refractivity contribution in [2.24, 2.45) is 0 Å². The van der Waals surface area contributed by atoms with E-state index in [0.29, 0.717) is 17.8 Å². The molecular weight excluding hydrogens is 268 g/mol. The van der Waals surface area contributed by atoms with Crippen molar-refractivity contribution in [3.05, 3.63) is 49.6 Å². The zero-order chi connectivity index (χ0) is 17.3. The second-order valence-corrected chi connectivity index (χ2v) is 4.01. The van der Waals surface area contributed by atoms with Crippen LogP contribution >= 0.6 is 0 Å². The second kappa shape index (κ2) is 17.9. The minimum absolute atomic E-state index is 0.284. The summed E-state index contributed by atoms with van der Waals surface area (Å²) in [5.41, 5.74) is 0.901. The molecule has 0 saturated carbocycles. The van der Waals surface area contributed by atoms with Crippen LogP contribution in [0.15, 0.2) is 49.6 Å². The van der Waals surface area contributed by atoms with Crippen molar-refractivity contribution in [3.63, 3.8) is 0 Å². The lowest BCUT2D eigenvalue weighted by molar-refractivity contribution is -0.139. The molecule has 4 heteroatoms. The maximum Gasteiger partial charge on any atom is 0.333 e. The summed E-state index contributed by atoms with van der Waals surface area (Å²) in [4.78, 5) is 20.9. The van der Waals surface area contributed by atoms with Crippen molar-refractivity contribution in [3.8, 4) is 0 Å². The molecule has 0 unspecified atom stereocenters. The van der Waals surface area contributed by atoms with Gasteiger partial charge in [0.1, 0.15) is 0 Å². The number of allylic oxidation sites excluding steroid dienone is 2. The van der Waals surface area contributed by atoms with Gasteiger partial charge in [0.05, 0.1) is 13.7 Å². The Morgan fingerprint density at radius 2 is 1.43 bits per heavy atom. The van der Waals surface area contributed by atoms with Crippen LogP contribution in [-0.2, 0) is 19.1 Å². The highest BCUT2D eigenvalue weighted by molar-refractivity contribution is 5.87. The topological polar surface area (TPSA) is 52.6 Å². The lowest BCUT2D eigenvalue weighted by Crippen LogP contribution is -2.05. The molecule has 0 N–H and O–H groups in total. The molecule has 0 heterocycles. The number of hydrogen-bond donors (Lipinski definition) is 0. The minimum Gasteiger partial charge on any atom is -0.466 e. The lowest BCUT2D eigenvalue weighted by Gasteiger charge is -2.01. The molecule has 4 nitrogen and oxygen atoms in total. The fourth-order valence-electron chi connectivity index (χ4n) is 0.607. The zero-order valence-electron chi connectivity index (χ0n) is 13.7. The lowest BCUT2D eigenvalue weighted by atomic mass is 10.3. The number of hydrogen-bond acceptors (Lipinski definition) is 4. The highest BCUT2D eigenvalue weighted by Crippen LogP contribution is 1.94. The molecule has 0 aliphatic heterocycles. The monoisotopic (exact) mass is 296 g/mol. The summed E-state index contributed by atoms with van der Waals surface area (Å²) in [6, 6.07) is 0. The van der Waals surface area contributed by atoms with E-state index in [-0.39, 0.29) is 11.9 Å². The van der Waals surface area contributed by atoms with Gasteiger partial charge in [0.15, 0.2) is 0 Å². The van der Waals surface area contributed by atoms with E-state index in [1.165, 1.54) is 7.11 Å². The van der Waals surface area contributed by atoms with E-state index in [2.05, 4.69) is 38.0 Å². The number of methoxy groups -OCH3 is 1. The quantitative estimate of drug-likeness (QED) is 0.322. The van der Waals surface area contributed by atoms with Crippen LogP contribution in [0.2, 0.25) is 0 Å². The van der Waals surface area contributed by atoms with Gasteiger partial charge in [-0.3, -0.25) is 0 Å². The number of esters is 2. The van der Waals surface area contributed by atoms with Gasteiger partial charge in [0.25, 0.3) is 0 Å². The number of ether oxygens (including phenoxy) is 2. The van der Waals surface area contributed by atoms with E-state index in [1.54, 1.807) is 26.0 Å². The highest BCUT2D eigenvalue weighted by Gasteiger charge is 2.00. The molecule has 0 aliphatic rings. The van der Waals surface area contributed by atoms with Gasteiger partial charge in [0, 0.05) is 11.1 Å². The smallest absolute Gasteiger partial charge is 0.333 e.